The first-order chi connectivity index (χ1) is 14.5. The first-order valence-electron chi connectivity index (χ1n) is 10.6. The molecule has 1 aromatic carbocycles. The number of aryl methyl sites for hydroxylation is 1. The quantitative estimate of drug-likeness (QED) is 0.424. The number of carboxylic acid groups (broad SMARTS) is 1. The van der Waals surface area contributed by atoms with E-state index in [1.54, 1.807) is 12.2 Å². The summed E-state index contributed by atoms with van der Waals surface area (Å²) in [6.07, 6.45) is 8.78. The molecule has 1 fully saturated rings. The number of carbonyl (C=O) groups excluding carboxylic acids is 1. The van der Waals surface area contributed by atoms with E-state index in [1.807, 2.05) is 36.4 Å². The second-order valence-electron chi connectivity index (χ2n) is 8.09. The molecule has 6 heteroatoms. The molecule has 5 atom stereocenters. The van der Waals surface area contributed by atoms with Gasteiger partial charge in [0.15, 0.2) is 0 Å². The summed E-state index contributed by atoms with van der Waals surface area (Å²) in [5.74, 6) is -0.668. The summed E-state index contributed by atoms with van der Waals surface area (Å²) in [6, 6.07) is 7.80. The molecule has 0 radical (unpaired) electrons. The standard InChI is InChI=1S/C24H30O6/c25-19(23-14-11-16-7-5-6-9-22(16)30-23)13-12-18-17(20(26)15-21(18)27)8-3-1-2-4-10-24(28)29/h1,3,5-7,9,12-13,17-19,21,23,25,27H,2,4,8,10-11,14-15H2,(H,28,29)/b3-1-,13-12+/t17-,18?,19-,21-,23-/m1/s1. The first kappa shape index (κ1) is 22.2. The Balaban J connectivity index is 1.55. The average Bonchev–Trinajstić information content (AvgIpc) is 3.00. The fraction of sp³-hybridized carbons (Fsp3) is 0.500. The minimum Gasteiger partial charge on any atom is -0.487 e. The van der Waals surface area contributed by atoms with E-state index in [-0.39, 0.29) is 36.6 Å². The number of ether oxygens (including phenoxy) is 1. The molecule has 0 bridgehead atoms. The summed E-state index contributed by atoms with van der Waals surface area (Å²) in [5.41, 5.74) is 1.14. The van der Waals surface area contributed by atoms with Crippen molar-refractivity contribution in [2.24, 2.45) is 11.8 Å². The number of aliphatic carboxylic acids is 1. The molecule has 1 aliphatic carbocycles. The van der Waals surface area contributed by atoms with Crippen LogP contribution < -0.4 is 4.74 Å². The van der Waals surface area contributed by atoms with E-state index in [4.69, 9.17) is 9.84 Å². The van der Waals surface area contributed by atoms with Crippen LogP contribution in [0.4, 0.5) is 0 Å². The van der Waals surface area contributed by atoms with Gasteiger partial charge in [0.05, 0.1) is 6.10 Å². The van der Waals surface area contributed by atoms with Gasteiger partial charge in [0, 0.05) is 24.7 Å². The number of Topliss-reactive ketones (excluding diaryl/α,β-unsaturated/α-hetero) is 1. The SMILES string of the molecule is O=C(O)CCC/C=C\C[C@H]1C(=O)C[C@@H](O)C1/C=C/[C@@H](O)[C@H]1CCc2ccccc2O1. The lowest BCUT2D eigenvalue weighted by molar-refractivity contribution is -0.137. The molecule has 162 valence electrons. The number of aliphatic hydroxyl groups is 2. The van der Waals surface area contributed by atoms with Crippen molar-refractivity contribution >= 4 is 11.8 Å². The zero-order valence-corrected chi connectivity index (χ0v) is 17.0. The molecule has 30 heavy (non-hydrogen) atoms. The van der Waals surface area contributed by atoms with Gasteiger partial charge >= 0.3 is 5.97 Å². The van der Waals surface area contributed by atoms with Crippen LogP contribution in [0.2, 0.25) is 0 Å². The van der Waals surface area contributed by atoms with Crippen molar-refractivity contribution in [3.8, 4) is 5.75 Å². The first-order valence-corrected chi connectivity index (χ1v) is 10.6. The molecule has 0 aromatic heterocycles. The van der Waals surface area contributed by atoms with Crippen molar-refractivity contribution in [2.45, 2.75) is 63.3 Å². The zero-order chi connectivity index (χ0) is 21.5. The molecule has 2 aliphatic rings. The van der Waals surface area contributed by atoms with Gasteiger partial charge < -0.3 is 20.1 Å². The molecule has 0 spiro atoms. The van der Waals surface area contributed by atoms with Crippen LogP contribution in [0.1, 0.15) is 44.1 Å². The van der Waals surface area contributed by atoms with Crippen molar-refractivity contribution in [2.75, 3.05) is 0 Å². The lowest BCUT2D eigenvalue weighted by Gasteiger charge is -2.28. The number of carbonyl (C=O) groups is 2. The predicted octanol–water partition coefficient (Wildman–Crippen LogP) is 3.06. The highest BCUT2D eigenvalue weighted by Gasteiger charge is 2.39. The molecule has 3 N–H and O–H groups in total. The fourth-order valence-electron chi connectivity index (χ4n) is 4.21. The molecule has 6 nitrogen and oxygen atoms in total. The lowest BCUT2D eigenvalue weighted by atomic mass is 9.89. The summed E-state index contributed by atoms with van der Waals surface area (Å²) in [5, 5.41) is 29.5. The Morgan fingerprint density at radius 1 is 1.27 bits per heavy atom. The predicted molar refractivity (Wildman–Crippen MR) is 112 cm³/mol. The third kappa shape index (κ3) is 5.80. The Kier molecular flexibility index (Phi) is 7.82. The third-order valence-electron chi connectivity index (χ3n) is 5.91. The van der Waals surface area contributed by atoms with Crippen molar-refractivity contribution in [3.63, 3.8) is 0 Å². The molecule has 3 rings (SSSR count). The molecule has 1 aromatic rings. The van der Waals surface area contributed by atoms with Gasteiger partial charge in [0.1, 0.15) is 23.7 Å². The Hall–Kier alpha value is -2.44. The summed E-state index contributed by atoms with van der Waals surface area (Å²) >= 11 is 0. The van der Waals surface area contributed by atoms with E-state index in [1.165, 1.54) is 0 Å². The van der Waals surface area contributed by atoms with Crippen LogP contribution in [0.3, 0.4) is 0 Å². The number of rotatable bonds is 9. The number of hydrogen-bond donors (Lipinski definition) is 3. The van der Waals surface area contributed by atoms with E-state index >= 15 is 0 Å². The molecule has 0 saturated heterocycles. The highest BCUT2D eigenvalue weighted by atomic mass is 16.5. The van der Waals surface area contributed by atoms with E-state index in [2.05, 4.69) is 0 Å². The van der Waals surface area contributed by atoms with Crippen molar-refractivity contribution in [1.82, 2.24) is 0 Å². The number of carboxylic acids is 1. The summed E-state index contributed by atoms with van der Waals surface area (Å²) in [4.78, 5) is 22.8. The van der Waals surface area contributed by atoms with Crippen molar-refractivity contribution in [1.29, 1.82) is 0 Å². The van der Waals surface area contributed by atoms with Crippen molar-refractivity contribution < 1.29 is 29.6 Å². The van der Waals surface area contributed by atoms with Gasteiger partial charge in [-0.1, -0.05) is 42.5 Å². The van der Waals surface area contributed by atoms with Gasteiger partial charge in [0.25, 0.3) is 0 Å². The van der Waals surface area contributed by atoms with Crippen LogP contribution in [0.5, 0.6) is 5.75 Å². The van der Waals surface area contributed by atoms with E-state index in [0.717, 1.165) is 17.7 Å². The lowest BCUT2D eigenvalue weighted by Crippen LogP contribution is -2.34. The molecule has 1 unspecified atom stereocenters. The average molecular weight is 414 g/mol. The smallest absolute Gasteiger partial charge is 0.303 e. The molecule has 1 saturated carbocycles. The van der Waals surface area contributed by atoms with Crippen LogP contribution >= 0.6 is 0 Å². The second kappa shape index (κ2) is 10.5. The number of fused-ring (bicyclic) bond motifs is 1. The van der Waals surface area contributed by atoms with Crippen molar-refractivity contribution in [3.05, 3.63) is 54.1 Å². The van der Waals surface area contributed by atoms with Crippen LogP contribution in [-0.2, 0) is 16.0 Å². The molecule has 0 amide bonds. The second-order valence-corrected chi connectivity index (χ2v) is 8.09. The maximum absolute atomic E-state index is 12.3. The van der Waals surface area contributed by atoms with Gasteiger partial charge in [-0.15, -0.1) is 0 Å². The Labute approximate surface area is 176 Å². The molecular weight excluding hydrogens is 384 g/mol. The number of unbranched alkanes of at least 4 members (excludes halogenated alkanes) is 1. The van der Waals surface area contributed by atoms with Crippen LogP contribution in [0, 0.1) is 11.8 Å². The Bertz CT molecular complexity index is 799. The maximum Gasteiger partial charge on any atom is 0.303 e. The highest BCUT2D eigenvalue weighted by molar-refractivity contribution is 5.84. The van der Waals surface area contributed by atoms with Crippen LogP contribution in [-0.4, -0.2) is 45.4 Å². The summed E-state index contributed by atoms with van der Waals surface area (Å²) in [6.45, 7) is 0. The fourth-order valence-corrected chi connectivity index (χ4v) is 4.21. The third-order valence-corrected chi connectivity index (χ3v) is 5.91. The number of benzene rings is 1. The number of para-hydroxylation sites is 1. The van der Waals surface area contributed by atoms with Crippen LogP contribution in [0.25, 0.3) is 0 Å². The molecule has 1 heterocycles. The number of aliphatic hydroxyl groups excluding tert-OH is 2. The molecular formula is C24H30O6. The van der Waals surface area contributed by atoms with Gasteiger partial charge in [-0.2, -0.15) is 0 Å². The topological polar surface area (TPSA) is 104 Å². The highest BCUT2D eigenvalue weighted by Crippen LogP contribution is 2.34. The summed E-state index contributed by atoms with van der Waals surface area (Å²) in [7, 11) is 0. The number of allylic oxidation sites excluding steroid dienone is 2. The number of ketones is 1. The minimum absolute atomic E-state index is 0.0182. The van der Waals surface area contributed by atoms with E-state index < -0.39 is 18.2 Å². The van der Waals surface area contributed by atoms with E-state index in [0.29, 0.717) is 25.7 Å². The normalized spacial score (nSPS) is 27.3. The largest absolute Gasteiger partial charge is 0.487 e. The van der Waals surface area contributed by atoms with E-state index in [9.17, 15) is 19.8 Å². The Morgan fingerprint density at radius 2 is 2.07 bits per heavy atom. The molecule has 1 aliphatic heterocycles. The summed E-state index contributed by atoms with van der Waals surface area (Å²) < 4.78 is 5.92. The van der Waals surface area contributed by atoms with Gasteiger partial charge in [-0.25, -0.2) is 0 Å². The van der Waals surface area contributed by atoms with Gasteiger partial charge in [-0.05, 0) is 43.7 Å². The van der Waals surface area contributed by atoms with Gasteiger partial charge in [0.2, 0.25) is 0 Å². The maximum atomic E-state index is 12.3. The zero-order valence-electron chi connectivity index (χ0n) is 17.0. The minimum atomic E-state index is -0.813. The van der Waals surface area contributed by atoms with Crippen LogP contribution in [0.15, 0.2) is 48.6 Å². The Morgan fingerprint density at radius 3 is 2.87 bits per heavy atom. The van der Waals surface area contributed by atoms with Gasteiger partial charge in [-0.3, -0.25) is 9.59 Å². The number of hydrogen-bond acceptors (Lipinski definition) is 5. The monoisotopic (exact) mass is 414 g/mol.